The Kier molecular flexibility index (Phi) is 6.86. The van der Waals surface area contributed by atoms with Crippen molar-refractivity contribution in [2.45, 2.75) is 30.2 Å². The Balaban J connectivity index is 1.57. The second-order valence-corrected chi connectivity index (χ2v) is 9.08. The summed E-state index contributed by atoms with van der Waals surface area (Å²) in [7, 11) is -3.28. The van der Waals surface area contributed by atoms with E-state index in [0.717, 1.165) is 11.8 Å². The molecule has 0 spiro atoms. The molecule has 1 heterocycles. The van der Waals surface area contributed by atoms with Gasteiger partial charge in [0.1, 0.15) is 6.04 Å². The van der Waals surface area contributed by atoms with Crippen LogP contribution >= 0.6 is 0 Å². The zero-order valence-corrected chi connectivity index (χ0v) is 17.6. The van der Waals surface area contributed by atoms with Gasteiger partial charge in [-0.2, -0.15) is 0 Å². The lowest BCUT2D eigenvalue weighted by Gasteiger charge is -2.14. The van der Waals surface area contributed by atoms with E-state index in [1.54, 1.807) is 24.3 Å². The van der Waals surface area contributed by atoms with E-state index in [-0.39, 0.29) is 24.2 Å². The number of hydrogen-bond donors (Lipinski definition) is 2. The van der Waals surface area contributed by atoms with Crippen molar-refractivity contribution in [3.63, 3.8) is 0 Å². The van der Waals surface area contributed by atoms with Gasteiger partial charge in [-0.1, -0.05) is 30.3 Å². The fraction of sp³-hybridized carbons (Fsp3) is 0.227. The minimum atomic E-state index is -3.28. The second kappa shape index (κ2) is 9.57. The van der Waals surface area contributed by atoms with Crippen LogP contribution in [0.3, 0.4) is 0 Å². The van der Waals surface area contributed by atoms with Crippen LogP contribution in [0.1, 0.15) is 17.9 Å². The predicted octanol–water partition coefficient (Wildman–Crippen LogP) is 2.49. The lowest BCUT2D eigenvalue weighted by atomic mass is 10.1. The number of nitrogens with zero attached hydrogens (tertiary/aromatic N) is 1. The second-order valence-electron chi connectivity index (χ2n) is 7.06. The molecule has 9 heteroatoms. The van der Waals surface area contributed by atoms with Gasteiger partial charge >= 0.3 is 5.97 Å². The van der Waals surface area contributed by atoms with Crippen molar-refractivity contribution in [2.24, 2.45) is 0 Å². The third kappa shape index (κ3) is 6.26. The molecule has 0 fully saturated rings. The van der Waals surface area contributed by atoms with Gasteiger partial charge in [0.25, 0.3) is 0 Å². The van der Waals surface area contributed by atoms with Crippen molar-refractivity contribution in [2.75, 3.05) is 6.26 Å². The van der Waals surface area contributed by atoms with Gasteiger partial charge in [0, 0.05) is 31.1 Å². The van der Waals surface area contributed by atoms with Crippen molar-refractivity contribution in [3.8, 4) is 11.3 Å². The third-order valence-corrected chi connectivity index (χ3v) is 5.73. The highest BCUT2D eigenvalue weighted by Gasteiger charge is 2.20. The summed E-state index contributed by atoms with van der Waals surface area (Å²) >= 11 is 0. The van der Waals surface area contributed by atoms with E-state index >= 15 is 0 Å². The number of carboxylic acid groups (broad SMARTS) is 1. The Morgan fingerprint density at radius 3 is 2.39 bits per heavy atom. The number of carboxylic acids is 1. The molecule has 3 aromatic rings. The molecule has 31 heavy (non-hydrogen) atoms. The molecule has 2 aromatic carbocycles. The number of carbonyl (C=O) groups is 2. The molecule has 3 rings (SSSR count). The molecule has 2 N–H and O–H groups in total. The fourth-order valence-corrected chi connectivity index (χ4v) is 3.59. The van der Waals surface area contributed by atoms with Crippen molar-refractivity contribution in [1.82, 2.24) is 10.3 Å². The summed E-state index contributed by atoms with van der Waals surface area (Å²) in [6.07, 6.45) is 3.04. The maximum absolute atomic E-state index is 12.2. The number of carbonyl (C=O) groups excluding carboxylic acids is 1. The van der Waals surface area contributed by atoms with Crippen molar-refractivity contribution in [1.29, 1.82) is 0 Å². The summed E-state index contributed by atoms with van der Waals surface area (Å²) in [5.41, 5.74) is 1.47. The van der Waals surface area contributed by atoms with Crippen LogP contribution < -0.4 is 5.32 Å². The molecule has 8 nitrogen and oxygen atoms in total. The fourth-order valence-electron chi connectivity index (χ4n) is 2.96. The first kappa shape index (κ1) is 22.2. The highest BCUT2D eigenvalue weighted by atomic mass is 32.2. The lowest BCUT2D eigenvalue weighted by molar-refractivity contribution is -0.141. The molecule has 0 saturated carbocycles. The number of aryl methyl sites for hydroxylation is 1. The summed E-state index contributed by atoms with van der Waals surface area (Å²) in [4.78, 5) is 28.0. The third-order valence-electron chi connectivity index (χ3n) is 4.60. The summed E-state index contributed by atoms with van der Waals surface area (Å²) in [5.74, 6) is -0.746. The van der Waals surface area contributed by atoms with Crippen molar-refractivity contribution >= 4 is 21.7 Å². The van der Waals surface area contributed by atoms with Crippen LogP contribution in [-0.4, -0.2) is 42.7 Å². The lowest BCUT2D eigenvalue weighted by Crippen LogP contribution is -2.42. The Morgan fingerprint density at radius 2 is 1.77 bits per heavy atom. The molecule has 1 aromatic heterocycles. The average molecular weight is 442 g/mol. The highest BCUT2D eigenvalue weighted by Crippen LogP contribution is 2.22. The molecular formula is C22H22N2O6S. The van der Waals surface area contributed by atoms with Crippen LogP contribution in [0.5, 0.6) is 0 Å². The molecule has 0 aliphatic carbocycles. The number of aliphatic carboxylic acids is 1. The largest absolute Gasteiger partial charge is 0.480 e. The number of nitrogens with one attached hydrogen (secondary N) is 1. The minimum Gasteiger partial charge on any atom is -0.480 e. The van der Waals surface area contributed by atoms with Gasteiger partial charge in [0.05, 0.1) is 11.1 Å². The molecular weight excluding hydrogens is 420 g/mol. The van der Waals surface area contributed by atoms with Gasteiger partial charge in [-0.25, -0.2) is 18.2 Å². The van der Waals surface area contributed by atoms with E-state index in [2.05, 4.69) is 10.3 Å². The van der Waals surface area contributed by atoms with Crippen molar-refractivity contribution in [3.05, 3.63) is 72.2 Å². The number of aromatic nitrogens is 1. The van der Waals surface area contributed by atoms with Crippen LogP contribution in [0.2, 0.25) is 0 Å². The summed E-state index contributed by atoms with van der Waals surface area (Å²) in [5, 5.41) is 11.9. The van der Waals surface area contributed by atoms with Gasteiger partial charge in [-0.3, -0.25) is 4.79 Å². The van der Waals surface area contributed by atoms with Crippen LogP contribution in [0.15, 0.2) is 70.1 Å². The van der Waals surface area contributed by atoms with Gasteiger partial charge in [0.2, 0.25) is 5.91 Å². The number of benzene rings is 2. The zero-order valence-electron chi connectivity index (χ0n) is 16.8. The van der Waals surface area contributed by atoms with Gasteiger partial charge < -0.3 is 14.8 Å². The van der Waals surface area contributed by atoms with Crippen LogP contribution in [-0.2, 0) is 32.3 Å². The molecule has 1 amide bonds. The first-order valence-corrected chi connectivity index (χ1v) is 11.4. The standard InChI is InChI=1S/C22H22N2O6S/c1-31(28,29)17-9-7-16(8-10-17)19-14-23-21(30-19)12-11-20(25)24-18(22(26)27)13-15-5-3-2-4-6-15/h2-10,14,18H,11-13H2,1H3,(H,24,25)(H,26,27)/t18-/m1/s1. The number of rotatable bonds is 9. The first-order chi connectivity index (χ1) is 14.7. The zero-order chi connectivity index (χ0) is 22.4. The molecule has 0 aliphatic heterocycles. The average Bonchev–Trinajstić information content (AvgIpc) is 3.21. The maximum Gasteiger partial charge on any atom is 0.326 e. The van der Waals surface area contributed by atoms with Gasteiger partial charge in [-0.15, -0.1) is 0 Å². The number of sulfone groups is 1. The molecule has 0 saturated heterocycles. The molecule has 0 bridgehead atoms. The quantitative estimate of drug-likeness (QED) is 0.521. The van der Waals surface area contributed by atoms with E-state index in [9.17, 15) is 23.1 Å². The Morgan fingerprint density at radius 1 is 1.10 bits per heavy atom. The number of oxazole rings is 1. The molecule has 0 radical (unpaired) electrons. The summed E-state index contributed by atoms with van der Waals surface area (Å²) in [6, 6.07) is 14.3. The smallest absolute Gasteiger partial charge is 0.326 e. The van der Waals surface area contributed by atoms with E-state index in [1.165, 1.54) is 18.3 Å². The molecule has 0 unspecified atom stereocenters. The Bertz CT molecular complexity index is 1150. The van der Waals surface area contributed by atoms with Gasteiger partial charge in [0.15, 0.2) is 21.5 Å². The summed E-state index contributed by atoms with van der Waals surface area (Å²) in [6.45, 7) is 0. The topological polar surface area (TPSA) is 127 Å². The van der Waals surface area contributed by atoms with E-state index in [0.29, 0.717) is 17.2 Å². The predicted molar refractivity (Wildman–Crippen MR) is 113 cm³/mol. The van der Waals surface area contributed by atoms with Crippen LogP contribution in [0.4, 0.5) is 0 Å². The normalized spacial score (nSPS) is 12.3. The molecule has 0 aliphatic rings. The van der Waals surface area contributed by atoms with Crippen LogP contribution in [0, 0.1) is 0 Å². The van der Waals surface area contributed by atoms with Gasteiger partial charge in [-0.05, 0) is 29.8 Å². The number of hydrogen-bond acceptors (Lipinski definition) is 6. The Labute approximate surface area is 179 Å². The maximum atomic E-state index is 12.2. The SMILES string of the molecule is CS(=O)(=O)c1ccc(-c2cnc(CCC(=O)N[C@H](Cc3ccccc3)C(=O)O)o2)cc1. The molecule has 162 valence electrons. The van der Waals surface area contributed by atoms with E-state index in [4.69, 9.17) is 4.42 Å². The van der Waals surface area contributed by atoms with E-state index < -0.39 is 27.8 Å². The monoisotopic (exact) mass is 442 g/mol. The van der Waals surface area contributed by atoms with E-state index in [1.807, 2.05) is 18.2 Å². The first-order valence-electron chi connectivity index (χ1n) is 9.53. The highest BCUT2D eigenvalue weighted by molar-refractivity contribution is 7.90. The minimum absolute atomic E-state index is 0.0194. The van der Waals surface area contributed by atoms with Crippen LogP contribution in [0.25, 0.3) is 11.3 Å². The number of amides is 1. The Hall–Kier alpha value is -3.46. The summed E-state index contributed by atoms with van der Waals surface area (Å²) < 4.78 is 28.7. The molecule has 1 atom stereocenters. The van der Waals surface area contributed by atoms with Crippen molar-refractivity contribution < 1.29 is 27.5 Å².